The molecule has 51 heavy (non-hydrogen) atoms. The molecule has 1 heterocycles. The number of hydrogen-bond donors (Lipinski definition) is 0. The number of amides is 2. The van der Waals surface area contributed by atoms with Crippen LogP contribution in [0.5, 0.6) is 5.75 Å². The van der Waals surface area contributed by atoms with Gasteiger partial charge >= 0.3 is 0 Å². The van der Waals surface area contributed by atoms with Crippen LogP contribution in [0.4, 0.5) is 4.79 Å². The summed E-state index contributed by atoms with van der Waals surface area (Å²) in [4.78, 5) is 35.2. The van der Waals surface area contributed by atoms with Crippen LogP contribution in [0.1, 0.15) is 27.8 Å². The van der Waals surface area contributed by atoms with E-state index in [0.717, 1.165) is 45.1 Å². The molecule has 0 N–H and O–H groups in total. The van der Waals surface area contributed by atoms with Gasteiger partial charge in [-0.15, -0.1) is 0 Å². The van der Waals surface area contributed by atoms with E-state index in [4.69, 9.17) is 9.57 Å². The summed E-state index contributed by atoms with van der Waals surface area (Å²) in [5.74, 6) is 0.467. The zero-order valence-electron chi connectivity index (χ0n) is 27.9. The van der Waals surface area contributed by atoms with Crippen molar-refractivity contribution in [1.82, 2.24) is 4.90 Å². The van der Waals surface area contributed by atoms with E-state index in [2.05, 4.69) is 29.4 Å². The van der Waals surface area contributed by atoms with Crippen molar-refractivity contribution in [3.63, 3.8) is 0 Å². The molecule has 0 aliphatic carbocycles. The first-order valence-electron chi connectivity index (χ1n) is 16.9. The molecule has 0 aromatic heterocycles. The zero-order chi connectivity index (χ0) is 34.9. The molecule has 0 spiro atoms. The third-order valence-electron chi connectivity index (χ3n) is 8.91. The maximum atomic E-state index is 14.4. The molecule has 0 saturated carbocycles. The van der Waals surface area contributed by atoms with Gasteiger partial charge in [0, 0.05) is 0 Å². The summed E-state index contributed by atoms with van der Waals surface area (Å²) in [6.45, 7) is 0.613. The van der Waals surface area contributed by atoms with Crippen molar-refractivity contribution in [2.75, 3.05) is 13.2 Å². The van der Waals surface area contributed by atoms with Crippen LogP contribution in [0.3, 0.4) is 0 Å². The molecule has 1 saturated heterocycles. The molecular formula is C44H36N2O4S. The lowest BCUT2D eigenvalue weighted by atomic mass is 9.75. The molecule has 6 nitrogen and oxygen atoms in total. The Labute approximate surface area is 302 Å². The molecule has 0 radical (unpaired) electrons. The van der Waals surface area contributed by atoms with Crippen molar-refractivity contribution in [2.24, 2.45) is 5.16 Å². The average Bonchev–Trinajstić information content (AvgIpc) is 3.47. The summed E-state index contributed by atoms with van der Waals surface area (Å²) in [5, 5.41) is 3.23. The molecule has 1 aliphatic rings. The fourth-order valence-corrected chi connectivity index (χ4v) is 7.55. The molecule has 1 unspecified atom stereocenters. The van der Waals surface area contributed by atoms with Gasteiger partial charge in [0.1, 0.15) is 17.9 Å². The molecule has 6 aromatic carbocycles. The molecule has 2 amide bonds. The summed E-state index contributed by atoms with van der Waals surface area (Å²) >= 11 is 1.09. The van der Waals surface area contributed by atoms with Crippen LogP contribution in [0.2, 0.25) is 0 Å². The van der Waals surface area contributed by atoms with Gasteiger partial charge in [-0.05, 0) is 57.5 Å². The first-order valence-corrected chi connectivity index (χ1v) is 17.7. The van der Waals surface area contributed by atoms with Crippen LogP contribution >= 0.6 is 11.8 Å². The summed E-state index contributed by atoms with van der Waals surface area (Å²) in [5.41, 5.74) is 5.61. The minimum atomic E-state index is -1.13. The van der Waals surface area contributed by atoms with Crippen LogP contribution in [-0.4, -0.2) is 40.7 Å². The van der Waals surface area contributed by atoms with Crippen LogP contribution in [-0.2, 0) is 21.6 Å². The summed E-state index contributed by atoms with van der Waals surface area (Å²) in [6, 6.07) is 55.4. The first kappa shape index (κ1) is 33.6. The lowest BCUT2D eigenvalue weighted by Gasteiger charge is -2.42. The number of rotatable bonds is 13. The number of oxime groups is 1. The van der Waals surface area contributed by atoms with E-state index in [1.54, 1.807) is 6.21 Å². The molecule has 7 rings (SSSR count). The second kappa shape index (κ2) is 15.7. The van der Waals surface area contributed by atoms with Gasteiger partial charge in [-0.25, -0.2) is 0 Å². The number of imide groups is 1. The van der Waals surface area contributed by atoms with Crippen molar-refractivity contribution in [3.8, 4) is 16.9 Å². The Bertz CT molecular complexity index is 1980. The smallest absolute Gasteiger partial charge is 0.290 e. The second-order valence-corrected chi connectivity index (χ2v) is 13.3. The second-order valence-electron chi connectivity index (χ2n) is 12.1. The van der Waals surface area contributed by atoms with E-state index in [-0.39, 0.29) is 17.8 Å². The minimum absolute atomic E-state index is 0.216. The third-order valence-corrected chi connectivity index (χ3v) is 9.95. The maximum absolute atomic E-state index is 14.4. The molecule has 0 bridgehead atoms. The van der Waals surface area contributed by atoms with Crippen molar-refractivity contribution in [1.29, 1.82) is 0 Å². The predicted octanol–water partition coefficient (Wildman–Crippen LogP) is 9.38. The van der Waals surface area contributed by atoms with Gasteiger partial charge in [0.25, 0.3) is 5.24 Å². The molecule has 7 heteroatoms. The monoisotopic (exact) mass is 688 g/mol. The Morgan fingerprint density at radius 3 is 1.67 bits per heavy atom. The third kappa shape index (κ3) is 7.35. The van der Waals surface area contributed by atoms with Crippen molar-refractivity contribution in [2.45, 2.75) is 17.2 Å². The highest BCUT2D eigenvalue weighted by atomic mass is 32.2. The van der Waals surface area contributed by atoms with Crippen molar-refractivity contribution >= 4 is 29.1 Å². The first-order chi connectivity index (χ1) is 25.1. The van der Waals surface area contributed by atoms with Gasteiger partial charge in [-0.1, -0.05) is 175 Å². The molecule has 252 valence electrons. The van der Waals surface area contributed by atoms with Crippen molar-refractivity contribution in [3.05, 3.63) is 198 Å². The van der Waals surface area contributed by atoms with Crippen LogP contribution in [0.15, 0.2) is 175 Å². The van der Waals surface area contributed by atoms with E-state index in [1.807, 2.05) is 146 Å². The summed E-state index contributed by atoms with van der Waals surface area (Å²) in [6.07, 6.45) is 2.09. The highest BCUT2D eigenvalue weighted by molar-refractivity contribution is 8.15. The van der Waals surface area contributed by atoms with E-state index in [9.17, 15) is 9.59 Å². The molecule has 1 fully saturated rings. The topological polar surface area (TPSA) is 68.2 Å². The Morgan fingerprint density at radius 2 is 1.12 bits per heavy atom. The lowest BCUT2D eigenvalue weighted by molar-refractivity contribution is -0.129. The van der Waals surface area contributed by atoms with Crippen molar-refractivity contribution < 1.29 is 19.2 Å². The summed E-state index contributed by atoms with van der Waals surface area (Å²) < 4.78 is 5.86. The standard InChI is InChI=1S/C44H36N2O4S/c47-42-41(51-43(48)46(42)44(37-15-7-2-8-16-37,38-17-9-3-10-18-38)39-19-11-4-12-20-39)31-33-23-27-40(28-24-33)49-29-30-50-45-32-34-21-25-36(26-22-34)35-13-5-1-6-14-35/h1-28,32,41H,29-31H2. The minimum Gasteiger partial charge on any atom is -0.490 e. The van der Waals surface area contributed by atoms with E-state index in [0.29, 0.717) is 18.8 Å². The van der Waals surface area contributed by atoms with E-state index < -0.39 is 10.8 Å². The highest BCUT2D eigenvalue weighted by Gasteiger charge is 2.53. The number of hydrogen-bond acceptors (Lipinski definition) is 6. The Morgan fingerprint density at radius 1 is 0.608 bits per heavy atom. The van der Waals surface area contributed by atoms with Gasteiger partial charge in [0.05, 0.1) is 11.5 Å². The van der Waals surface area contributed by atoms with Gasteiger partial charge < -0.3 is 9.57 Å². The largest absolute Gasteiger partial charge is 0.490 e. The molecular weight excluding hydrogens is 653 g/mol. The van der Waals surface area contributed by atoms with Crippen LogP contribution < -0.4 is 4.74 Å². The lowest BCUT2D eigenvalue weighted by Crippen LogP contribution is -2.51. The van der Waals surface area contributed by atoms with E-state index >= 15 is 0 Å². The van der Waals surface area contributed by atoms with Gasteiger partial charge in [0.2, 0.25) is 5.91 Å². The normalized spacial score (nSPS) is 14.6. The fourth-order valence-electron chi connectivity index (χ4n) is 6.49. The quantitative estimate of drug-likeness (QED) is 0.0524. The van der Waals surface area contributed by atoms with Crippen LogP contribution in [0, 0.1) is 0 Å². The van der Waals surface area contributed by atoms with E-state index in [1.165, 1.54) is 10.5 Å². The molecule has 6 aromatic rings. The van der Waals surface area contributed by atoms with Gasteiger partial charge in [-0.2, -0.15) is 0 Å². The molecule has 1 aliphatic heterocycles. The van der Waals surface area contributed by atoms with Crippen LogP contribution in [0.25, 0.3) is 11.1 Å². The number of ether oxygens (including phenoxy) is 1. The Balaban J connectivity index is 0.984. The van der Waals surface area contributed by atoms with Gasteiger partial charge in [-0.3, -0.25) is 14.5 Å². The number of thioether (sulfide) groups is 1. The maximum Gasteiger partial charge on any atom is 0.290 e. The number of nitrogens with zero attached hydrogens (tertiary/aromatic N) is 2. The summed E-state index contributed by atoms with van der Waals surface area (Å²) in [7, 11) is 0. The SMILES string of the molecule is O=C1SC(Cc2ccc(OCCON=Cc3ccc(-c4ccccc4)cc3)cc2)C(=O)N1C(c1ccccc1)(c1ccccc1)c1ccccc1. The fraction of sp³-hybridized carbons (Fsp3) is 0.114. The highest BCUT2D eigenvalue weighted by Crippen LogP contribution is 2.47. The van der Waals surface area contributed by atoms with Gasteiger partial charge in [0.15, 0.2) is 6.61 Å². The molecule has 1 atom stereocenters. The Kier molecular flexibility index (Phi) is 10.4. The zero-order valence-corrected chi connectivity index (χ0v) is 28.7. The Hall–Kier alpha value is -5.92. The number of carbonyl (C=O) groups is 2. The average molecular weight is 689 g/mol. The predicted molar refractivity (Wildman–Crippen MR) is 204 cm³/mol. The number of benzene rings is 6. The number of carbonyl (C=O) groups excluding carboxylic acids is 2.